The molecule has 0 aliphatic rings. The molecule has 1 heterocycles. The molecule has 0 spiro atoms. The molecule has 26 heavy (non-hydrogen) atoms. The molecule has 0 saturated carbocycles. The molecule has 0 saturated heterocycles. The average Bonchev–Trinajstić information content (AvgIpc) is 3.03. The van der Waals surface area contributed by atoms with Crippen LogP contribution in [0.25, 0.3) is 17.0 Å². The molecule has 3 rings (SSSR count). The molecule has 0 unspecified atom stereocenters. The maximum atomic E-state index is 12.9. The Kier molecular flexibility index (Phi) is 4.70. The highest BCUT2D eigenvalue weighted by molar-refractivity contribution is 7.90. The van der Waals surface area contributed by atoms with Crippen molar-refractivity contribution >= 4 is 33.0 Å². The van der Waals surface area contributed by atoms with Crippen molar-refractivity contribution in [3.63, 3.8) is 0 Å². The number of aryl methyl sites for hydroxylation is 1. The SMILES string of the molecule is CC/C(=C\c1ccc2c(ccn2S(=O)(=O)c2ccc(C)cc2)c1)C(=O)O. The van der Waals surface area contributed by atoms with Crippen molar-refractivity contribution in [3.8, 4) is 0 Å². The Bertz CT molecular complexity index is 1110. The third-order valence-electron chi connectivity index (χ3n) is 4.25. The van der Waals surface area contributed by atoms with E-state index < -0.39 is 16.0 Å². The third-order valence-corrected chi connectivity index (χ3v) is 5.96. The molecular formula is C20H19NO4S. The van der Waals surface area contributed by atoms with Gasteiger partial charge in [-0.3, -0.25) is 0 Å². The molecule has 0 atom stereocenters. The summed E-state index contributed by atoms with van der Waals surface area (Å²) in [6.07, 6.45) is 3.54. The van der Waals surface area contributed by atoms with Gasteiger partial charge in [-0.05, 0) is 55.3 Å². The second kappa shape index (κ2) is 6.80. The van der Waals surface area contributed by atoms with Gasteiger partial charge in [0.15, 0.2) is 0 Å². The molecule has 0 fully saturated rings. The Balaban J connectivity index is 2.07. The first-order valence-corrected chi connectivity index (χ1v) is 9.64. The molecule has 3 aromatic rings. The molecule has 0 aliphatic heterocycles. The molecule has 0 radical (unpaired) electrons. The van der Waals surface area contributed by atoms with Gasteiger partial charge in [0, 0.05) is 17.2 Å². The lowest BCUT2D eigenvalue weighted by Gasteiger charge is -2.08. The summed E-state index contributed by atoms with van der Waals surface area (Å²) in [4.78, 5) is 11.4. The van der Waals surface area contributed by atoms with E-state index >= 15 is 0 Å². The number of nitrogens with zero attached hydrogens (tertiary/aromatic N) is 1. The zero-order chi connectivity index (χ0) is 18.9. The van der Waals surface area contributed by atoms with Crippen LogP contribution >= 0.6 is 0 Å². The van der Waals surface area contributed by atoms with Crippen LogP contribution in [-0.4, -0.2) is 23.5 Å². The highest BCUT2D eigenvalue weighted by atomic mass is 32.2. The maximum Gasteiger partial charge on any atom is 0.331 e. The average molecular weight is 369 g/mol. The summed E-state index contributed by atoms with van der Waals surface area (Å²) in [6.45, 7) is 3.68. The number of fused-ring (bicyclic) bond motifs is 1. The smallest absolute Gasteiger partial charge is 0.331 e. The van der Waals surface area contributed by atoms with Crippen molar-refractivity contribution in [1.29, 1.82) is 0 Å². The van der Waals surface area contributed by atoms with Crippen LogP contribution < -0.4 is 0 Å². The van der Waals surface area contributed by atoms with E-state index in [-0.39, 0.29) is 4.90 Å². The van der Waals surface area contributed by atoms with Gasteiger partial charge in [-0.25, -0.2) is 17.2 Å². The molecule has 1 N–H and O–H groups in total. The number of aliphatic carboxylic acids is 1. The van der Waals surface area contributed by atoms with Gasteiger partial charge in [-0.2, -0.15) is 0 Å². The minimum absolute atomic E-state index is 0.226. The number of hydrogen-bond donors (Lipinski definition) is 1. The van der Waals surface area contributed by atoms with Crippen molar-refractivity contribution in [2.45, 2.75) is 25.2 Å². The molecule has 2 aromatic carbocycles. The van der Waals surface area contributed by atoms with Crippen molar-refractivity contribution in [2.24, 2.45) is 0 Å². The van der Waals surface area contributed by atoms with Gasteiger partial charge in [0.05, 0.1) is 10.4 Å². The van der Waals surface area contributed by atoms with Crippen LogP contribution in [0.1, 0.15) is 24.5 Å². The summed E-state index contributed by atoms with van der Waals surface area (Å²) in [5.74, 6) is -0.952. The number of aromatic nitrogens is 1. The Morgan fingerprint density at radius 2 is 1.81 bits per heavy atom. The predicted molar refractivity (Wildman–Crippen MR) is 102 cm³/mol. The second-order valence-electron chi connectivity index (χ2n) is 6.08. The van der Waals surface area contributed by atoms with Crippen LogP contribution in [-0.2, 0) is 14.8 Å². The maximum absolute atomic E-state index is 12.9. The molecule has 0 aliphatic carbocycles. The quantitative estimate of drug-likeness (QED) is 0.688. The van der Waals surface area contributed by atoms with Crippen LogP contribution in [0.2, 0.25) is 0 Å². The fourth-order valence-electron chi connectivity index (χ4n) is 2.77. The standard InChI is InChI=1S/C20H19NO4S/c1-3-16(20(22)23)12-15-6-9-19-17(13-15)10-11-21(19)26(24,25)18-7-4-14(2)5-8-18/h4-13H,3H2,1-2H3,(H,22,23)/b16-12+. The molecule has 134 valence electrons. The van der Waals surface area contributed by atoms with Crippen molar-refractivity contribution in [2.75, 3.05) is 0 Å². The molecule has 0 bridgehead atoms. The predicted octanol–water partition coefficient (Wildman–Crippen LogP) is 4.06. The van der Waals surface area contributed by atoms with Crippen LogP contribution in [0, 0.1) is 6.92 Å². The Morgan fingerprint density at radius 3 is 2.42 bits per heavy atom. The Labute approximate surface area is 152 Å². The van der Waals surface area contributed by atoms with E-state index in [4.69, 9.17) is 5.11 Å². The fraction of sp³-hybridized carbons (Fsp3) is 0.150. The first kappa shape index (κ1) is 17.9. The molecule has 5 nitrogen and oxygen atoms in total. The van der Waals surface area contributed by atoms with Crippen LogP contribution in [0.3, 0.4) is 0 Å². The van der Waals surface area contributed by atoms with Gasteiger partial charge in [-0.1, -0.05) is 30.7 Å². The minimum Gasteiger partial charge on any atom is -0.478 e. The van der Waals surface area contributed by atoms with Gasteiger partial charge in [0.2, 0.25) is 0 Å². The number of hydrogen-bond acceptors (Lipinski definition) is 3. The number of carbonyl (C=O) groups is 1. The van der Waals surface area contributed by atoms with Crippen molar-refractivity contribution < 1.29 is 18.3 Å². The second-order valence-corrected chi connectivity index (χ2v) is 7.89. The highest BCUT2D eigenvalue weighted by Crippen LogP contribution is 2.24. The highest BCUT2D eigenvalue weighted by Gasteiger charge is 2.18. The summed E-state index contributed by atoms with van der Waals surface area (Å²) in [5, 5.41) is 9.88. The van der Waals surface area contributed by atoms with E-state index in [9.17, 15) is 13.2 Å². The summed E-state index contributed by atoms with van der Waals surface area (Å²) >= 11 is 0. The Hall–Kier alpha value is -2.86. The summed E-state index contributed by atoms with van der Waals surface area (Å²) in [5.41, 5.74) is 2.57. The number of carboxylic acid groups (broad SMARTS) is 1. The molecular weight excluding hydrogens is 350 g/mol. The van der Waals surface area contributed by atoms with Gasteiger partial charge < -0.3 is 5.11 Å². The van der Waals surface area contributed by atoms with Crippen molar-refractivity contribution in [3.05, 3.63) is 71.4 Å². The van der Waals surface area contributed by atoms with Crippen LogP contribution in [0.4, 0.5) is 0 Å². The topological polar surface area (TPSA) is 76.4 Å². The lowest BCUT2D eigenvalue weighted by atomic mass is 10.1. The summed E-state index contributed by atoms with van der Waals surface area (Å²) in [6, 6.07) is 13.6. The van der Waals surface area contributed by atoms with E-state index in [1.807, 2.05) is 6.92 Å². The van der Waals surface area contributed by atoms with Crippen LogP contribution in [0.5, 0.6) is 0 Å². The van der Waals surface area contributed by atoms with Crippen molar-refractivity contribution in [1.82, 2.24) is 3.97 Å². The number of carboxylic acids is 1. The van der Waals surface area contributed by atoms with E-state index in [2.05, 4.69) is 0 Å². The molecule has 6 heteroatoms. The lowest BCUT2D eigenvalue weighted by Crippen LogP contribution is -2.11. The zero-order valence-electron chi connectivity index (χ0n) is 14.5. The largest absolute Gasteiger partial charge is 0.478 e. The fourth-order valence-corrected chi connectivity index (χ4v) is 4.13. The monoisotopic (exact) mass is 369 g/mol. The number of benzene rings is 2. The van der Waals surface area contributed by atoms with E-state index in [1.54, 1.807) is 61.5 Å². The van der Waals surface area contributed by atoms with E-state index in [1.165, 1.54) is 10.2 Å². The van der Waals surface area contributed by atoms with Crippen LogP contribution in [0.15, 0.2) is 65.2 Å². The van der Waals surface area contributed by atoms with Gasteiger partial charge in [0.25, 0.3) is 10.0 Å². The summed E-state index contributed by atoms with van der Waals surface area (Å²) < 4.78 is 27.0. The first-order valence-electron chi connectivity index (χ1n) is 8.20. The third kappa shape index (κ3) is 3.28. The summed E-state index contributed by atoms with van der Waals surface area (Å²) in [7, 11) is -3.69. The zero-order valence-corrected chi connectivity index (χ0v) is 15.3. The minimum atomic E-state index is -3.69. The normalized spacial score (nSPS) is 12.5. The van der Waals surface area contributed by atoms with Gasteiger partial charge in [-0.15, -0.1) is 0 Å². The lowest BCUT2D eigenvalue weighted by molar-refractivity contribution is -0.132. The Morgan fingerprint density at radius 1 is 1.12 bits per heavy atom. The van der Waals surface area contributed by atoms with Gasteiger partial charge in [0.1, 0.15) is 0 Å². The van der Waals surface area contributed by atoms with E-state index in [0.717, 1.165) is 16.5 Å². The van der Waals surface area contributed by atoms with E-state index in [0.29, 0.717) is 17.5 Å². The first-order chi connectivity index (χ1) is 12.3. The van der Waals surface area contributed by atoms with Gasteiger partial charge >= 0.3 is 5.97 Å². The molecule has 0 amide bonds. The molecule has 1 aromatic heterocycles. The number of rotatable bonds is 5.